The first-order valence-corrected chi connectivity index (χ1v) is 10.8. The van der Waals surface area contributed by atoms with Gasteiger partial charge in [0, 0.05) is 41.6 Å². The Morgan fingerprint density at radius 3 is 2.29 bits per heavy atom. The lowest BCUT2D eigenvalue weighted by Gasteiger charge is -2.27. The van der Waals surface area contributed by atoms with Crippen molar-refractivity contribution in [2.45, 2.75) is 6.92 Å². The van der Waals surface area contributed by atoms with Gasteiger partial charge in [0.15, 0.2) is 0 Å². The van der Waals surface area contributed by atoms with Crippen LogP contribution in [0.2, 0.25) is 0 Å². The lowest BCUT2D eigenvalue weighted by Crippen LogP contribution is -2.38. The predicted octanol–water partition coefficient (Wildman–Crippen LogP) is 5.16. The van der Waals surface area contributed by atoms with Gasteiger partial charge in [0.2, 0.25) is 0 Å². The second kappa shape index (κ2) is 10.4. The van der Waals surface area contributed by atoms with E-state index in [4.69, 9.17) is 27.9 Å². The largest absolute Gasteiger partial charge is 0.497 e. The number of rotatable bonds is 9. The molecule has 3 rings (SSSR count). The summed E-state index contributed by atoms with van der Waals surface area (Å²) in [5.41, 5.74) is 6.25. The molecule has 0 aliphatic carbocycles. The van der Waals surface area contributed by atoms with Crippen molar-refractivity contribution in [3.63, 3.8) is 0 Å². The van der Waals surface area contributed by atoms with Gasteiger partial charge in [-0.15, -0.1) is 23.2 Å². The smallest absolute Gasteiger partial charge is 0.423 e. The van der Waals surface area contributed by atoms with Crippen molar-refractivity contribution in [3.8, 4) is 5.75 Å². The van der Waals surface area contributed by atoms with Gasteiger partial charge in [-0.2, -0.15) is 0 Å². The van der Waals surface area contributed by atoms with Crippen molar-refractivity contribution in [3.05, 3.63) is 54.2 Å². The van der Waals surface area contributed by atoms with Crippen LogP contribution in [0.5, 0.6) is 5.75 Å². The molecule has 0 bridgehead atoms. The van der Waals surface area contributed by atoms with E-state index in [-0.39, 0.29) is 0 Å². The van der Waals surface area contributed by atoms with E-state index in [0.29, 0.717) is 42.0 Å². The van der Waals surface area contributed by atoms with E-state index in [2.05, 4.69) is 15.3 Å². The number of carboxylic acid groups (broad SMARTS) is 1. The number of fused-ring (bicyclic) bond motifs is 1. The van der Waals surface area contributed by atoms with Crippen LogP contribution in [0.1, 0.15) is 5.69 Å². The highest BCUT2D eigenvalue weighted by molar-refractivity contribution is 6.18. The Morgan fingerprint density at radius 1 is 1.06 bits per heavy atom. The van der Waals surface area contributed by atoms with Gasteiger partial charge in [-0.3, -0.25) is 9.99 Å². The number of nitrogens with one attached hydrogen (secondary N) is 1. The first-order chi connectivity index (χ1) is 15.0. The summed E-state index contributed by atoms with van der Waals surface area (Å²) in [5, 5.41) is 11.8. The topological polar surface area (TPSA) is 77.9 Å². The van der Waals surface area contributed by atoms with Gasteiger partial charge in [-0.25, -0.2) is 10.2 Å². The van der Waals surface area contributed by atoms with Crippen LogP contribution in [0.4, 0.5) is 21.9 Å². The Balaban J connectivity index is 2.08. The van der Waals surface area contributed by atoms with E-state index >= 15 is 0 Å². The number of nitrogens with zero attached hydrogens (tertiary/aromatic N) is 3. The number of alkyl halides is 2. The number of aromatic nitrogens is 1. The van der Waals surface area contributed by atoms with Crippen LogP contribution in [-0.4, -0.2) is 48.1 Å². The molecule has 0 atom stereocenters. The van der Waals surface area contributed by atoms with Crippen LogP contribution in [0.3, 0.4) is 0 Å². The molecular weight excluding hydrogens is 439 g/mol. The molecule has 1 amide bonds. The molecule has 3 aromatic rings. The Hall–Kier alpha value is -2.90. The molecule has 0 spiro atoms. The third-order valence-corrected chi connectivity index (χ3v) is 5.09. The Labute approximate surface area is 191 Å². The van der Waals surface area contributed by atoms with Crippen LogP contribution < -0.4 is 20.1 Å². The quantitative estimate of drug-likeness (QED) is 0.337. The van der Waals surface area contributed by atoms with E-state index in [1.807, 2.05) is 55.5 Å². The Morgan fingerprint density at radius 2 is 1.71 bits per heavy atom. The van der Waals surface area contributed by atoms with Crippen LogP contribution in [-0.2, 0) is 0 Å². The maximum atomic E-state index is 11.6. The average Bonchev–Trinajstić information content (AvgIpc) is 2.76. The normalized spacial score (nSPS) is 10.7. The lowest BCUT2D eigenvalue weighted by atomic mass is 10.1. The Bertz CT molecular complexity index is 1040. The number of anilines is 3. The summed E-state index contributed by atoms with van der Waals surface area (Å²) in [5.74, 6) is 1.62. The minimum Gasteiger partial charge on any atom is -0.497 e. The Kier molecular flexibility index (Phi) is 7.65. The zero-order valence-corrected chi connectivity index (χ0v) is 18.8. The molecule has 0 saturated carbocycles. The zero-order chi connectivity index (χ0) is 22.4. The van der Waals surface area contributed by atoms with Crippen molar-refractivity contribution >= 4 is 57.3 Å². The molecule has 1 aromatic heterocycles. The molecule has 0 radical (unpaired) electrons. The second-order valence-corrected chi connectivity index (χ2v) is 7.56. The van der Waals surface area contributed by atoms with Crippen molar-refractivity contribution < 1.29 is 14.6 Å². The van der Waals surface area contributed by atoms with Crippen LogP contribution in [0.15, 0.2) is 48.5 Å². The number of aryl methyl sites for hydroxylation is 1. The molecule has 0 aliphatic heterocycles. The van der Waals surface area contributed by atoms with Crippen molar-refractivity contribution in [1.82, 2.24) is 10.4 Å². The number of carbonyl (C=O) groups is 1. The fourth-order valence-corrected chi connectivity index (χ4v) is 3.78. The molecule has 7 nitrogen and oxygen atoms in total. The molecule has 2 N–H and O–H groups in total. The number of amides is 1. The van der Waals surface area contributed by atoms with Crippen molar-refractivity contribution in [2.75, 3.05) is 41.9 Å². The number of halogens is 2. The van der Waals surface area contributed by atoms with E-state index in [9.17, 15) is 9.90 Å². The number of methoxy groups -OCH3 is 1. The number of pyridine rings is 1. The third-order valence-electron chi connectivity index (χ3n) is 4.75. The average molecular weight is 463 g/mol. The minimum absolute atomic E-state index is 0.482. The van der Waals surface area contributed by atoms with Gasteiger partial charge in [0.25, 0.3) is 0 Å². The molecule has 1 heterocycles. The number of hydrogen-bond acceptors (Lipinski definition) is 5. The first kappa shape index (κ1) is 22.8. The summed E-state index contributed by atoms with van der Waals surface area (Å²) in [6.45, 7) is 3.20. The second-order valence-electron chi connectivity index (χ2n) is 6.80. The van der Waals surface area contributed by atoms with Crippen LogP contribution in [0.25, 0.3) is 10.9 Å². The predicted molar refractivity (Wildman–Crippen MR) is 126 cm³/mol. The highest BCUT2D eigenvalue weighted by atomic mass is 35.5. The third kappa shape index (κ3) is 5.42. The molecule has 0 aliphatic rings. The van der Waals surface area contributed by atoms with Gasteiger partial charge >= 0.3 is 6.09 Å². The maximum absolute atomic E-state index is 11.6. The molecular formula is C22H24Cl2N4O3. The number of hydrogen-bond donors (Lipinski definition) is 2. The fourth-order valence-electron chi connectivity index (χ4n) is 3.37. The van der Waals surface area contributed by atoms with Crippen LogP contribution in [0, 0.1) is 6.92 Å². The molecule has 0 saturated heterocycles. The first-order valence-electron chi connectivity index (χ1n) is 9.69. The fraction of sp³-hybridized carbons (Fsp3) is 0.273. The monoisotopic (exact) mass is 462 g/mol. The van der Waals surface area contributed by atoms with Crippen molar-refractivity contribution in [2.24, 2.45) is 0 Å². The van der Waals surface area contributed by atoms with Gasteiger partial charge < -0.3 is 14.7 Å². The molecule has 0 fully saturated rings. The van der Waals surface area contributed by atoms with Gasteiger partial charge in [-0.1, -0.05) is 0 Å². The SMILES string of the molecule is COc1ccc2nc(C)cc(N(NC(=O)O)c3ccc(N(CCCl)CCCl)cc3)c2c1. The summed E-state index contributed by atoms with van der Waals surface area (Å²) < 4.78 is 5.35. The molecule has 31 heavy (non-hydrogen) atoms. The summed E-state index contributed by atoms with van der Waals surface area (Å²) in [6, 6.07) is 14.9. The van der Waals surface area contributed by atoms with E-state index in [0.717, 1.165) is 22.3 Å². The number of hydrazine groups is 1. The van der Waals surface area contributed by atoms with Gasteiger partial charge in [0.05, 0.1) is 24.0 Å². The number of ether oxygens (including phenoxy) is 1. The van der Waals surface area contributed by atoms with Gasteiger partial charge in [0.1, 0.15) is 5.75 Å². The zero-order valence-electron chi connectivity index (χ0n) is 17.3. The van der Waals surface area contributed by atoms with E-state index < -0.39 is 6.09 Å². The van der Waals surface area contributed by atoms with Crippen LogP contribution >= 0.6 is 23.2 Å². The standard InChI is InChI=1S/C22H24Cl2N4O3/c1-15-13-21(19-14-18(31-2)7-8-20(19)25-15)28(26-22(29)30)17-5-3-16(4-6-17)27(11-9-23)12-10-24/h3-8,13-14,26H,9-12H2,1-2H3,(H,29,30). The van der Waals surface area contributed by atoms with Gasteiger partial charge in [-0.05, 0) is 55.5 Å². The van der Waals surface area contributed by atoms with Crippen molar-refractivity contribution in [1.29, 1.82) is 0 Å². The minimum atomic E-state index is -1.18. The molecule has 2 aromatic carbocycles. The highest BCUT2D eigenvalue weighted by Crippen LogP contribution is 2.34. The number of benzene rings is 2. The summed E-state index contributed by atoms with van der Waals surface area (Å²) in [7, 11) is 1.59. The summed E-state index contributed by atoms with van der Waals surface area (Å²) >= 11 is 11.8. The maximum Gasteiger partial charge on any atom is 0.423 e. The molecule has 0 unspecified atom stereocenters. The summed E-state index contributed by atoms with van der Waals surface area (Å²) in [4.78, 5) is 18.3. The highest BCUT2D eigenvalue weighted by Gasteiger charge is 2.18. The molecule has 164 valence electrons. The molecule has 9 heteroatoms. The summed E-state index contributed by atoms with van der Waals surface area (Å²) in [6.07, 6.45) is -1.18. The van der Waals surface area contributed by atoms with E-state index in [1.165, 1.54) is 5.01 Å². The van der Waals surface area contributed by atoms with E-state index in [1.54, 1.807) is 7.11 Å². The lowest BCUT2D eigenvalue weighted by molar-refractivity contribution is 0.194.